The first-order chi connectivity index (χ1) is 11.6. The van der Waals surface area contributed by atoms with E-state index in [9.17, 15) is 5.11 Å². The summed E-state index contributed by atoms with van der Waals surface area (Å²) in [7, 11) is 0. The van der Waals surface area contributed by atoms with E-state index < -0.39 is 5.54 Å². The zero-order valence-electron chi connectivity index (χ0n) is 14.5. The van der Waals surface area contributed by atoms with E-state index in [-0.39, 0.29) is 6.61 Å². The van der Waals surface area contributed by atoms with Crippen molar-refractivity contribution in [1.82, 2.24) is 0 Å². The largest absolute Gasteiger partial charge is 0.494 e. The molecule has 2 rings (SSSR count). The van der Waals surface area contributed by atoms with E-state index in [0.29, 0.717) is 0 Å². The highest BCUT2D eigenvalue weighted by Crippen LogP contribution is 2.22. The zero-order chi connectivity index (χ0) is 17.3. The van der Waals surface area contributed by atoms with Crippen molar-refractivity contribution in [3.8, 4) is 5.75 Å². The lowest BCUT2D eigenvalue weighted by atomic mass is 9.98. The lowest BCUT2D eigenvalue weighted by Gasteiger charge is -2.20. The number of unbranched alkanes of at least 4 members (excludes halogenated alkanes) is 2. The Bertz CT molecular complexity index is 580. The third kappa shape index (κ3) is 7.04. The molecule has 3 N–H and O–H groups in total. The summed E-state index contributed by atoms with van der Waals surface area (Å²) in [4.78, 5) is 2.80. The Morgan fingerprint density at radius 1 is 1.00 bits per heavy atom. The van der Waals surface area contributed by atoms with Gasteiger partial charge in [-0.1, -0.05) is 18.2 Å². The number of rotatable bonds is 11. The Morgan fingerprint density at radius 3 is 2.42 bits per heavy atom. The Kier molecular flexibility index (Phi) is 7.76. The number of aryl methyl sites for hydroxylation is 2. The third-order valence-corrected chi connectivity index (χ3v) is 5.31. The molecular formula is C20H29NO2S. The van der Waals surface area contributed by atoms with Crippen molar-refractivity contribution in [2.24, 2.45) is 5.73 Å². The monoisotopic (exact) mass is 347 g/mol. The van der Waals surface area contributed by atoms with Gasteiger partial charge in [0.05, 0.1) is 13.2 Å². The lowest BCUT2D eigenvalue weighted by molar-refractivity contribution is 0.201. The highest BCUT2D eigenvalue weighted by atomic mass is 32.1. The van der Waals surface area contributed by atoms with E-state index >= 15 is 0 Å². The Labute approximate surface area is 149 Å². The third-order valence-electron chi connectivity index (χ3n) is 4.10. The molecule has 0 saturated heterocycles. The van der Waals surface area contributed by atoms with Gasteiger partial charge in [0.2, 0.25) is 0 Å². The van der Waals surface area contributed by atoms with Crippen LogP contribution in [0, 0.1) is 0 Å². The lowest BCUT2D eigenvalue weighted by Crippen LogP contribution is -2.40. The fourth-order valence-corrected chi connectivity index (χ4v) is 3.52. The first-order valence-electron chi connectivity index (χ1n) is 8.74. The summed E-state index contributed by atoms with van der Waals surface area (Å²) in [5.74, 6) is 0.954. The highest BCUT2D eigenvalue weighted by molar-refractivity contribution is 7.11. The second-order valence-electron chi connectivity index (χ2n) is 6.65. The average molecular weight is 348 g/mol. The molecule has 0 amide bonds. The van der Waals surface area contributed by atoms with Gasteiger partial charge in [-0.3, -0.25) is 0 Å². The SMILES string of the molecule is CC(N)(CO)CCc1ccc(CCCCCOc2ccccc2)s1. The predicted molar refractivity (Wildman–Crippen MR) is 102 cm³/mol. The molecule has 0 aliphatic carbocycles. The second kappa shape index (κ2) is 9.82. The van der Waals surface area contributed by atoms with Crippen LogP contribution in [-0.2, 0) is 12.8 Å². The van der Waals surface area contributed by atoms with Crippen molar-refractivity contribution in [2.75, 3.05) is 13.2 Å². The molecule has 1 aromatic heterocycles. The summed E-state index contributed by atoms with van der Waals surface area (Å²) in [6.07, 6.45) is 6.38. The van der Waals surface area contributed by atoms with Crippen LogP contribution in [0.15, 0.2) is 42.5 Å². The predicted octanol–water partition coefficient (Wildman–Crippen LogP) is 4.18. The van der Waals surface area contributed by atoms with Gasteiger partial charge >= 0.3 is 0 Å². The molecule has 24 heavy (non-hydrogen) atoms. The molecule has 1 aromatic carbocycles. The number of ether oxygens (including phenoxy) is 1. The molecule has 2 aromatic rings. The molecule has 0 aliphatic rings. The van der Waals surface area contributed by atoms with Crippen LogP contribution in [0.25, 0.3) is 0 Å². The molecule has 132 valence electrons. The van der Waals surface area contributed by atoms with E-state index in [2.05, 4.69) is 12.1 Å². The fraction of sp³-hybridized carbons (Fsp3) is 0.500. The topological polar surface area (TPSA) is 55.5 Å². The molecule has 0 spiro atoms. The molecule has 0 saturated carbocycles. The van der Waals surface area contributed by atoms with Gasteiger partial charge in [-0.25, -0.2) is 0 Å². The summed E-state index contributed by atoms with van der Waals surface area (Å²) in [5.41, 5.74) is 5.51. The Balaban J connectivity index is 1.58. The van der Waals surface area contributed by atoms with Crippen molar-refractivity contribution < 1.29 is 9.84 Å². The van der Waals surface area contributed by atoms with Crippen LogP contribution in [0.2, 0.25) is 0 Å². The first-order valence-corrected chi connectivity index (χ1v) is 9.56. The van der Waals surface area contributed by atoms with E-state index in [1.807, 2.05) is 48.6 Å². The highest BCUT2D eigenvalue weighted by Gasteiger charge is 2.16. The van der Waals surface area contributed by atoms with Gasteiger partial charge < -0.3 is 15.6 Å². The number of aliphatic hydroxyl groups excluding tert-OH is 1. The summed E-state index contributed by atoms with van der Waals surface area (Å²) in [5, 5.41) is 9.21. The van der Waals surface area contributed by atoms with Gasteiger partial charge in [0.25, 0.3) is 0 Å². The minimum atomic E-state index is -0.469. The minimum absolute atomic E-state index is 0.0380. The Morgan fingerprint density at radius 2 is 1.71 bits per heavy atom. The molecule has 1 atom stereocenters. The molecular weight excluding hydrogens is 318 g/mol. The smallest absolute Gasteiger partial charge is 0.119 e. The van der Waals surface area contributed by atoms with Crippen LogP contribution in [0.4, 0.5) is 0 Å². The van der Waals surface area contributed by atoms with Crippen LogP contribution in [-0.4, -0.2) is 23.9 Å². The van der Waals surface area contributed by atoms with Crippen LogP contribution in [0.5, 0.6) is 5.75 Å². The van der Waals surface area contributed by atoms with Crippen molar-refractivity contribution in [1.29, 1.82) is 0 Å². The summed E-state index contributed by atoms with van der Waals surface area (Å²) < 4.78 is 5.71. The summed E-state index contributed by atoms with van der Waals surface area (Å²) >= 11 is 1.88. The quantitative estimate of drug-likeness (QED) is 0.600. The van der Waals surface area contributed by atoms with Gasteiger partial charge in [-0.15, -0.1) is 11.3 Å². The number of hydrogen-bond acceptors (Lipinski definition) is 4. The van der Waals surface area contributed by atoms with E-state index in [1.165, 1.54) is 22.6 Å². The maximum absolute atomic E-state index is 9.21. The molecule has 0 aliphatic heterocycles. The van der Waals surface area contributed by atoms with Crippen LogP contribution >= 0.6 is 11.3 Å². The number of nitrogens with two attached hydrogens (primary N) is 1. The molecule has 4 heteroatoms. The number of thiophene rings is 1. The average Bonchev–Trinajstić information content (AvgIpc) is 3.05. The fourth-order valence-electron chi connectivity index (χ4n) is 2.46. The molecule has 3 nitrogen and oxygen atoms in total. The van der Waals surface area contributed by atoms with Gasteiger partial charge in [0.15, 0.2) is 0 Å². The van der Waals surface area contributed by atoms with Gasteiger partial charge in [-0.2, -0.15) is 0 Å². The van der Waals surface area contributed by atoms with Crippen molar-refractivity contribution in [3.63, 3.8) is 0 Å². The maximum Gasteiger partial charge on any atom is 0.119 e. The second-order valence-corrected chi connectivity index (χ2v) is 7.91. The minimum Gasteiger partial charge on any atom is -0.494 e. The van der Waals surface area contributed by atoms with E-state index in [1.54, 1.807) is 0 Å². The summed E-state index contributed by atoms with van der Waals surface area (Å²) in [6.45, 7) is 2.73. The van der Waals surface area contributed by atoms with Gasteiger partial charge in [0, 0.05) is 15.3 Å². The number of benzene rings is 1. The number of hydrogen-bond donors (Lipinski definition) is 2. The summed E-state index contributed by atoms with van der Waals surface area (Å²) in [6, 6.07) is 14.4. The van der Waals surface area contributed by atoms with Crippen molar-refractivity contribution >= 4 is 11.3 Å². The maximum atomic E-state index is 9.21. The van der Waals surface area contributed by atoms with E-state index in [4.69, 9.17) is 10.5 Å². The van der Waals surface area contributed by atoms with Gasteiger partial charge in [-0.05, 0) is 69.7 Å². The molecule has 0 fully saturated rings. The first kappa shape index (κ1) is 19.0. The van der Waals surface area contributed by atoms with Crippen LogP contribution in [0.3, 0.4) is 0 Å². The normalized spacial score (nSPS) is 13.6. The van der Waals surface area contributed by atoms with Gasteiger partial charge in [0.1, 0.15) is 5.75 Å². The molecule has 1 unspecified atom stereocenters. The van der Waals surface area contributed by atoms with Crippen LogP contribution in [0.1, 0.15) is 42.4 Å². The zero-order valence-corrected chi connectivity index (χ0v) is 15.4. The van der Waals surface area contributed by atoms with Crippen molar-refractivity contribution in [2.45, 2.75) is 51.0 Å². The number of aliphatic hydroxyl groups is 1. The molecule has 1 heterocycles. The Hall–Kier alpha value is -1.36. The molecule has 0 bridgehead atoms. The standard InChI is InChI=1S/C20H29NO2S/c1-20(21,16-22)14-13-19-12-11-18(24-19)10-6-3-7-15-23-17-8-4-2-5-9-17/h2,4-5,8-9,11-12,22H,3,6-7,10,13-16,21H2,1H3. The van der Waals surface area contributed by atoms with Crippen LogP contribution < -0.4 is 10.5 Å². The number of para-hydroxylation sites is 1. The van der Waals surface area contributed by atoms with E-state index in [0.717, 1.165) is 38.0 Å². The van der Waals surface area contributed by atoms with Crippen molar-refractivity contribution in [3.05, 3.63) is 52.2 Å². The molecule has 0 radical (unpaired) electrons.